The predicted octanol–water partition coefficient (Wildman–Crippen LogP) is 1.58. The van der Waals surface area contributed by atoms with Gasteiger partial charge in [0.2, 0.25) is 5.91 Å². The van der Waals surface area contributed by atoms with Crippen LogP contribution in [-0.4, -0.2) is 12.5 Å². The minimum Gasteiger partial charge on any atom is -0.399 e. The van der Waals surface area contributed by atoms with E-state index in [0.717, 1.165) is 18.5 Å². The van der Waals surface area contributed by atoms with Gasteiger partial charge in [-0.3, -0.25) is 4.79 Å². The van der Waals surface area contributed by atoms with Gasteiger partial charge >= 0.3 is 0 Å². The zero-order valence-corrected chi connectivity index (χ0v) is 9.57. The quantitative estimate of drug-likeness (QED) is 0.754. The highest BCUT2D eigenvalue weighted by Crippen LogP contribution is 2.37. The van der Waals surface area contributed by atoms with Crippen LogP contribution in [0.25, 0.3) is 0 Å². The molecule has 86 valence electrons. The topological polar surface area (TPSA) is 55.1 Å². The highest BCUT2D eigenvalue weighted by molar-refractivity contribution is 5.81. The summed E-state index contributed by atoms with van der Waals surface area (Å²) in [5.41, 5.74) is 7.58. The maximum Gasteiger partial charge on any atom is 0.223 e. The monoisotopic (exact) mass is 218 g/mol. The Kier molecular flexibility index (Phi) is 3.13. The number of hydrogen-bond donors (Lipinski definition) is 2. The minimum absolute atomic E-state index is 0.211. The number of rotatable bonds is 4. The van der Waals surface area contributed by atoms with Crippen molar-refractivity contribution in [3.8, 4) is 0 Å². The van der Waals surface area contributed by atoms with Gasteiger partial charge in [0.05, 0.1) is 0 Å². The molecule has 0 aliphatic heterocycles. The highest BCUT2D eigenvalue weighted by atomic mass is 16.2. The van der Waals surface area contributed by atoms with Crippen molar-refractivity contribution in [1.29, 1.82) is 0 Å². The smallest absolute Gasteiger partial charge is 0.223 e. The lowest BCUT2D eigenvalue weighted by Crippen LogP contribution is -2.27. The Morgan fingerprint density at radius 2 is 2.06 bits per heavy atom. The molecule has 1 saturated carbocycles. The molecule has 2 rings (SSSR count). The van der Waals surface area contributed by atoms with Crippen molar-refractivity contribution in [3.05, 3.63) is 29.8 Å². The Morgan fingerprint density at radius 1 is 1.44 bits per heavy atom. The fourth-order valence-corrected chi connectivity index (χ4v) is 1.83. The van der Waals surface area contributed by atoms with Crippen LogP contribution < -0.4 is 11.1 Å². The maximum absolute atomic E-state index is 11.5. The van der Waals surface area contributed by atoms with Crippen molar-refractivity contribution in [3.63, 3.8) is 0 Å². The molecule has 2 unspecified atom stereocenters. The average molecular weight is 218 g/mol. The number of benzene rings is 1. The Morgan fingerprint density at radius 3 is 2.62 bits per heavy atom. The molecule has 0 bridgehead atoms. The van der Waals surface area contributed by atoms with Crippen LogP contribution in [0.15, 0.2) is 24.3 Å². The molecule has 0 saturated heterocycles. The highest BCUT2D eigenvalue weighted by Gasteiger charge is 2.38. The van der Waals surface area contributed by atoms with E-state index >= 15 is 0 Å². The second-order valence-electron chi connectivity index (χ2n) is 4.60. The molecule has 16 heavy (non-hydrogen) atoms. The second kappa shape index (κ2) is 4.56. The van der Waals surface area contributed by atoms with Crippen molar-refractivity contribution in [1.82, 2.24) is 5.32 Å². The molecule has 1 aromatic rings. The lowest BCUT2D eigenvalue weighted by Gasteiger charge is -2.04. The molecule has 0 radical (unpaired) electrons. The van der Waals surface area contributed by atoms with Gasteiger partial charge in [-0.25, -0.2) is 0 Å². The average Bonchev–Trinajstić information content (AvgIpc) is 2.98. The largest absolute Gasteiger partial charge is 0.399 e. The molecule has 1 fully saturated rings. The summed E-state index contributed by atoms with van der Waals surface area (Å²) in [6.07, 6.45) is 1.92. The lowest BCUT2D eigenvalue weighted by molar-refractivity contribution is -0.122. The first-order valence-electron chi connectivity index (χ1n) is 5.79. The number of nitrogens with two attached hydrogens (primary N) is 1. The van der Waals surface area contributed by atoms with Crippen molar-refractivity contribution < 1.29 is 4.79 Å². The Labute approximate surface area is 96.0 Å². The van der Waals surface area contributed by atoms with Crippen molar-refractivity contribution in [2.45, 2.75) is 19.8 Å². The molecule has 3 heteroatoms. The normalized spacial score (nSPS) is 22.8. The summed E-state index contributed by atoms with van der Waals surface area (Å²) in [6, 6.07) is 7.78. The van der Waals surface area contributed by atoms with Gasteiger partial charge in [0.15, 0.2) is 0 Å². The van der Waals surface area contributed by atoms with Gasteiger partial charge in [-0.2, -0.15) is 0 Å². The molecule has 1 amide bonds. The SMILES string of the molecule is CC1CC1C(=O)NCCc1ccc(N)cc1. The first-order chi connectivity index (χ1) is 7.66. The second-order valence-corrected chi connectivity index (χ2v) is 4.60. The number of amides is 1. The van der Waals surface area contributed by atoms with Crippen LogP contribution >= 0.6 is 0 Å². The summed E-state index contributed by atoms with van der Waals surface area (Å²) in [5.74, 6) is 1.06. The molecule has 2 atom stereocenters. The number of carbonyl (C=O) groups excluding carboxylic acids is 1. The lowest BCUT2D eigenvalue weighted by atomic mass is 10.1. The molecule has 0 heterocycles. The molecule has 0 aromatic heterocycles. The van der Waals surface area contributed by atoms with Gasteiger partial charge in [0.25, 0.3) is 0 Å². The molecule has 1 aromatic carbocycles. The first kappa shape index (κ1) is 11.0. The summed E-state index contributed by atoms with van der Waals surface area (Å²) in [7, 11) is 0. The molecule has 3 N–H and O–H groups in total. The molecule has 3 nitrogen and oxygen atoms in total. The number of hydrogen-bond acceptors (Lipinski definition) is 2. The van der Waals surface area contributed by atoms with E-state index in [-0.39, 0.29) is 11.8 Å². The van der Waals surface area contributed by atoms with E-state index in [1.807, 2.05) is 24.3 Å². The van der Waals surface area contributed by atoms with Gasteiger partial charge in [-0.05, 0) is 36.5 Å². The number of nitrogens with one attached hydrogen (secondary N) is 1. The van der Waals surface area contributed by atoms with Crippen LogP contribution in [0.2, 0.25) is 0 Å². The van der Waals surface area contributed by atoms with Crippen LogP contribution in [0.3, 0.4) is 0 Å². The number of nitrogen functional groups attached to an aromatic ring is 1. The molecular weight excluding hydrogens is 200 g/mol. The summed E-state index contributed by atoms with van der Waals surface area (Å²) in [5, 5.41) is 2.97. The van der Waals surface area contributed by atoms with Crippen molar-refractivity contribution in [2.75, 3.05) is 12.3 Å². The summed E-state index contributed by atoms with van der Waals surface area (Å²) in [6.45, 7) is 2.83. The predicted molar refractivity (Wildman–Crippen MR) is 64.8 cm³/mol. The van der Waals surface area contributed by atoms with Gasteiger partial charge in [-0.1, -0.05) is 19.1 Å². The zero-order valence-electron chi connectivity index (χ0n) is 9.57. The number of carbonyl (C=O) groups is 1. The van der Waals surface area contributed by atoms with Crippen LogP contribution in [0.1, 0.15) is 18.9 Å². The van der Waals surface area contributed by atoms with Gasteiger partial charge in [-0.15, -0.1) is 0 Å². The maximum atomic E-state index is 11.5. The van der Waals surface area contributed by atoms with Crippen LogP contribution in [0.4, 0.5) is 5.69 Å². The van der Waals surface area contributed by atoms with E-state index in [0.29, 0.717) is 12.5 Å². The van der Waals surface area contributed by atoms with Gasteiger partial charge in [0.1, 0.15) is 0 Å². The van der Waals surface area contributed by atoms with Gasteiger partial charge < -0.3 is 11.1 Å². The Hall–Kier alpha value is -1.51. The zero-order chi connectivity index (χ0) is 11.5. The van der Waals surface area contributed by atoms with E-state index in [1.165, 1.54) is 5.56 Å². The first-order valence-corrected chi connectivity index (χ1v) is 5.79. The van der Waals surface area contributed by atoms with Crippen LogP contribution in [0, 0.1) is 11.8 Å². The van der Waals surface area contributed by atoms with E-state index in [9.17, 15) is 4.79 Å². The van der Waals surface area contributed by atoms with E-state index in [4.69, 9.17) is 5.73 Å². The third-order valence-corrected chi connectivity index (χ3v) is 3.14. The summed E-state index contributed by atoms with van der Waals surface area (Å²) in [4.78, 5) is 11.5. The molecule has 0 spiro atoms. The fraction of sp³-hybridized carbons (Fsp3) is 0.462. The van der Waals surface area contributed by atoms with Crippen molar-refractivity contribution in [2.24, 2.45) is 11.8 Å². The summed E-state index contributed by atoms with van der Waals surface area (Å²) >= 11 is 0. The van der Waals surface area contributed by atoms with Crippen molar-refractivity contribution >= 4 is 11.6 Å². The van der Waals surface area contributed by atoms with Gasteiger partial charge in [0, 0.05) is 18.2 Å². The molecule has 1 aliphatic rings. The van der Waals surface area contributed by atoms with Crippen LogP contribution in [-0.2, 0) is 11.2 Å². The van der Waals surface area contributed by atoms with E-state index < -0.39 is 0 Å². The fourth-order valence-electron chi connectivity index (χ4n) is 1.83. The third kappa shape index (κ3) is 2.75. The Bertz CT molecular complexity index is 372. The van der Waals surface area contributed by atoms with E-state index in [2.05, 4.69) is 12.2 Å². The number of anilines is 1. The minimum atomic E-state index is 0.211. The molecular formula is C13H18N2O. The standard InChI is InChI=1S/C13H18N2O/c1-9-8-12(9)13(16)15-7-6-10-2-4-11(14)5-3-10/h2-5,9,12H,6-8,14H2,1H3,(H,15,16). The third-order valence-electron chi connectivity index (χ3n) is 3.14. The van der Waals surface area contributed by atoms with Crippen LogP contribution in [0.5, 0.6) is 0 Å². The Balaban J connectivity index is 1.71. The van der Waals surface area contributed by atoms with E-state index in [1.54, 1.807) is 0 Å². The molecule has 1 aliphatic carbocycles. The summed E-state index contributed by atoms with van der Waals surface area (Å²) < 4.78 is 0.